The standard InChI is InChI=1S/C16H21NO2/c1-19-13-9-10-14(15(17)11-13)16(18)12-7-5-3-2-4-6-8-12/h7,9-11H,2-6,8,17H2,1H3/b12-7+. The molecule has 3 heteroatoms. The van der Waals surface area contributed by atoms with Crippen molar-refractivity contribution in [2.24, 2.45) is 0 Å². The molecule has 0 saturated carbocycles. The summed E-state index contributed by atoms with van der Waals surface area (Å²) in [5.74, 6) is 0.753. The van der Waals surface area contributed by atoms with Gasteiger partial charge in [-0.3, -0.25) is 4.79 Å². The summed E-state index contributed by atoms with van der Waals surface area (Å²) in [6.45, 7) is 0. The van der Waals surface area contributed by atoms with Gasteiger partial charge in [0.05, 0.1) is 7.11 Å². The first-order chi connectivity index (χ1) is 9.22. The van der Waals surface area contributed by atoms with E-state index in [-0.39, 0.29) is 5.78 Å². The molecule has 19 heavy (non-hydrogen) atoms. The zero-order valence-corrected chi connectivity index (χ0v) is 11.4. The van der Waals surface area contributed by atoms with Crippen LogP contribution in [0.5, 0.6) is 5.75 Å². The first kappa shape index (κ1) is 13.7. The van der Waals surface area contributed by atoms with Crippen molar-refractivity contribution in [1.82, 2.24) is 0 Å². The molecule has 1 aliphatic carbocycles. The van der Waals surface area contributed by atoms with Crippen molar-refractivity contribution in [3.8, 4) is 5.75 Å². The molecular weight excluding hydrogens is 238 g/mol. The summed E-state index contributed by atoms with van der Waals surface area (Å²) in [6, 6.07) is 5.25. The maximum atomic E-state index is 12.5. The molecule has 0 aromatic heterocycles. The fourth-order valence-electron chi connectivity index (χ4n) is 2.45. The highest BCUT2D eigenvalue weighted by molar-refractivity contribution is 6.11. The van der Waals surface area contributed by atoms with Crippen LogP contribution in [0.15, 0.2) is 29.8 Å². The molecule has 0 saturated heterocycles. The third kappa shape index (κ3) is 3.37. The van der Waals surface area contributed by atoms with E-state index in [9.17, 15) is 4.79 Å². The molecule has 0 fully saturated rings. The van der Waals surface area contributed by atoms with Crippen molar-refractivity contribution in [1.29, 1.82) is 0 Å². The zero-order chi connectivity index (χ0) is 13.7. The normalized spacial score (nSPS) is 18.9. The predicted octanol–water partition coefficient (Wildman–Crippen LogP) is 3.74. The van der Waals surface area contributed by atoms with Crippen LogP contribution in [0.3, 0.4) is 0 Å². The predicted molar refractivity (Wildman–Crippen MR) is 77.5 cm³/mol. The molecule has 102 valence electrons. The second kappa shape index (κ2) is 6.41. The Morgan fingerprint density at radius 1 is 1.21 bits per heavy atom. The van der Waals surface area contributed by atoms with E-state index in [2.05, 4.69) is 6.08 Å². The van der Waals surface area contributed by atoms with Gasteiger partial charge < -0.3 is 10.5 Å². The molecule has 1 aliphatic rings. The van der Waals surface area contributed by atoms with Crippen LogP contribution in [0.2, 0.25) is 0 Å². The first-order valence-electron chi connectivity index (χ1n) is 6.89. The molecule has 3 nitrogen and oxygen atoms in total. The second-order valence-corrected chi connectivity index (χ2v) is 4.96. The molecule has 0 unspecified atom stereocenters. The highest BCUT2D eigenvalue weighted by Crippen LogP contribution is 2.25. The molecular formula is C16H21NO2. The minimum Gasteiger partial charge on any atom is -0.497 e. The minimum absolute atomic E-state index is 0.0713. The number of hydrogen-bond donors (Lipinski definition) is 1. The number of rotatable bonds is 3. The number of allylic oxidation sites excluding steroid dienone is 2. The van der Waals surface area contributed by atoms with Crippen LogP contribution in [0, 0.1) is 0 Å². The number of carbonyl (C=O) groups excluding carboxylic acids is 1. The number of carbonyl (C=O) groups is 1. The lowest BCUT2D eigenvalue weighted by Crippen LogP contribution is -2.08. The first-order valence-corrected chi connectivity index (χ1v) is 6.89. The van der Waals surface area contributed by atoms with Gasteiger partial charge in [-0.1, -0.05) is 18.9 Å². The van der Waals surface area contributed by atoms with E-state index in [1.165, 1.54) is 19.3 Å². The molecule has 0 amide bonds. The fraction of sp³-hybridized carbons (Fsp3) is 0.438. The average molecular weight is 259 g/mol. The summed E-state index contributed by atoms with van der Waals surface area (Å²) < 4.78 is 5.11. The van der Waals surface area contributed by atoms with Gasteiger partial charge in [0.25, 0.3) is 0 Å². The van der Waals surface area contributed by atoms with Gasteiger partial charge in [0.2, 0.25) is 0 Å². The lowest BCUT2D eigenvalue weighted by Gasteiger charge is -2.12. The Balaban J connectivity index is 2.22. The van der Waals surface area contributed by atoms with Crippen molar-refractivity contribution in [3.63, 3.8) is 0 Å². The lowest BCUT2D eigenvalue weighted by molar-refractivity contribution is 0.103. The van der Waals surface area contributed by atoms with Crippen LogP contribution in [-0.4, -0.2) is 12.9 Å². The molecule has 0 radical (unpaired) electrons. The van der Waals surface area contributed by atoms with Crippen LogP contribution >= 0.6 is 0 Å². The smallest absolute Gasteiger partial charge is 0.190 e. The number of nitrogens with two attached hydrogens (primary N) is 1. The van der Waals surface area contributed by atoms with Gasteiger partial charge >= 0.3 is 0 Å². The Kier molecular flexibility index (Phi) is 4.61. The number of anilines is 1. The van der Waals surface area contributed by atoms with E-state index in [0.717, 1.165) is 24.8 Å². The molecule has 0 spiro atoms. The number of benzene rings is 1. The number of methoxy groups -OCH3 is 1. The largest absolute Gasteiger partial charge is 0.497 e. The van der Waals surface area contributed by atoms with E-state index in [1.807, 2.05) is 0 Å². The van der Waals surface area contributed by atoms with Gasteiger partial charge in [-0.25, -0.2) is 0 Å². The molecule has 0 heterocycles. The van der Waals surface area contributed by atoms with Crippen molar-refractivity contribution >= 4 is 11.5 Å². The van der Waals surface area contributed by atoms with Crippen molar-refractivity contribution < 1.29 is 9.53 Å². The molecule has 0 atom stereocenters. The molecule has 2 rings (SSSR count). The quantitative estimate of drug-likeness (QED) is 0.664. The maximum Gasteiger partial charge on any atom is 0.190 e. The number of Topliss-reactive ketones (excluding diaryl/α,β-unsaturated/α-hetero) is 1. The molecule has 1 aromatic carbocycles. The Morgan fingerprint density at radius 2 is 2.00 bits per heavy atom. The third-order valence-electron chi connectivity index (χ3n) is 3.59. The van der Waals surface area contributed by atoms with Crippen LogP contribution in [0.25, 0.3) is 0 Å². The van der Waals surface area contributed by atoms with Gasteiger partial charge in [-0.2, -0.15) is 0 Å². The summed E-state index contributed by atoms with van der Waals surface area (Å²) in [5, 5.41) is 0. The summed E-state index contributed by atoms with van der Waals surface area (Å²) in [7, 11) is 1.59. The Morgan fingerprint density at radius 3 is 2.74 bits per heavy atom. The molecule has 0 aliphatic heterocycles. The SMILES string of the molecule is COc1ccc(C(=O)/C2=C/CCCCCC2)c(N)c1. The number of ketones is 1. The fourth-order valence-corrected chi connectivity index (χ4v) is 2.45. The van der Waals surface area contributed by atoms with E-state index in [1.54, 1.807) is 25.3 Å². The van der Waals surface area contributed by atoms with Gasteiger partial charge in [-0.05, 0) is 43.4 Å². The minimum atomic E-state index is 0.0713. The number of nitrogen functional groups attached to an aromatic ring is 1. The number of ether oxygens (including phenoxy) is 1. The van der Waals surface area contributed by atoms with E-state index < -0.39 is 0 Å². The van der Waals surface area contributed by atoms with Crippen molar-refractivity contribution in [2.45, 2.75) is 38.5 Å². The van der Waals surface area contributed by atoms with Crippen LogP contribution in [-0.2, 0) is 0 Å². The third-order valence-corrected chi connectivity index (χ3v) is 3.59. The molecule has 1 aromatic rings. The summed E-state index contributed by atoms with van der Waals surface area (Å²) >= 11 is 0. The highest BCUT2D eigenvalue weighted by Gasteiger charge is 2.16. The van der Waals surface area contributed by atoms with E-state index in [0.29, 0.717) is 17.0 Å². The zero-order valence-electron chi connectivity index (χ0n) is 11.4. The monoisotopic (exact) mass is 259 g/mol. The van der Waals surface area contributed by atoms with Crippen molar-refractivity contribution in [3.05, 3.63) is 35.4 Å². The van der Waals surface area contributed by atoms with Crippen LogP contribution in [0.4, 0.5) is 5.69 Å². The summed E-state index contributed by atoms with van der Waals surface area (Å²) in [5.41, 5.74) is 7.94. The lowest BCUT2D eigenvalue weighted by atomic mass is 9.93. The molecule has 0 bridgehead atoms. The van der Waals surface area contributed by atoms with Crippen LogP contribution < -0.4 is 10.5 Å². The van der Waals surface area contributed by atoms with E-state index in [4.69, 9.17) is 10.5 Å². The number of hydrogen-bond acceptors (Lipinski definition) is 3. The Labute approximate surface area is 114 Å². The van der Waals surface area contributed by atoms with Gasteiger partial charge in [0.1, 0.15) is 5.75 Å². The van der Waals surface area contributed by atoms with Crippen LogP contribution in [0.1, 0.15) is 48.9 Å². The van der Waals surface area contributed by atoms with Crippen molar-refractivity contribution in [2.75, 3.05) is 12.8 Å². The average Bonchev–Trinajstić information content (AvgIpc) is 2.37. The van der Waals surface area contributed by atoms with Gasteiger partial charge in [-0.15, -0.1) is 0 Å². The topological polar surface area (TPSA) is 52.3 Å². The second-order valence-electron chi connectivity index (χ2n) is 4.96. The Bertz CT molecular complexity index is 492. The Hall–Kier alpha value is -1.77. The highest BCUT2D eigenvalue weighted by atomic mass is 16.5. The van der Waals surface area contributed by atoms with Gasteiger partial charge in [0.15, 0.2) is 5.78 Å². The molecule has 2 N–H and O–H groups in total. The maximum absolute atomic E-state index is 12.5. The summed E-state index contributed by atoms with van der Waals surface area (Å²) in [6.07, 6.45) is 8.69. The van der Waals surface area contributed by atoms with E-state index >= 15 is 0 Å². The van der Waals surface area contributed by atoms with Gasteiger partial charge in [0, 0.05) is 17.3 Å². The summed E-state index contributed by atoms with van der Waals surface area (Å²) in [4.78, 5) is 12.5.